The number of benzene rings is 2. The fourth-order valence-electron chi connectivity index (χ4n) is 4.29. The molecule has 0 aliphatic carbocycles. The molecule has 1 aliphatic rings. The molecule has 0 bridgehead atoms. The van der Waals surface area contributed by atoms with Crippen molar-refractivity contribution in [3.05, 3.63) is 90.1 Å². The Hall–Kier alpha value is -4.86. The number of nitrogens with one attached hydrogen (secondary N) is 1. The van der Waals surface area contributed by atoms with Crippen molar-refractivity contribution >= 4 is 23.2 Å². The minimum absolute atomic E-state index is 0.138. The van der Waals surface area contributed by atoms with Gasteiger partial charge >= 0.3 is 0 Å². The zero-order chi connectivity index (χ0) is 24.2. The largest absolute Gasteiger partial charge is 0.436 e. The van der Waals surface area contributed by atoms with Gasteiger partial charge in [0.05, 0.1) is 5.56 Å². The number of ether oxygens (including phenoxy) is 1. The van der Waals surface area contributed by atoms with Gasteiger partial charge in [-0.2, -0.15) is 0 Å². The van der Waals surface area contributed by atoms with E-state index in [0.29, 0.717) is 22.7 Å². The van der Waals surface area contributed by atoms with Crippen molar-refractivity contribution < 1.29 is 13.9 Å². The molecule has 5 aromatic rings. The quantitative estimate of drug-likeness (QED) is 0.410. The first-order chi connectivity index (χ1) is 16.9. The molecule has 3 aromatic heterocycles. The number of aromatic nitrogens is 5. The number of nitrogens with two attached hydrogens (primary N) is 1. The van der Waals surface area contributed by atoms with E-state index in [1.54, 1.807) is 36.0 Å². The van der Waals surface area contributed by atoms with Gasteiger partial charge in [0.2, 0.25) is 11.6 Å². The average molecular weight is 467 g/mol. The Morgan fingerprint density at radius 1 is 1.09 bits per heavy atom. The van der Waals surface area contributed by atoms with Crippen LogP contribution >= 0.6 is 0 Å². The zero-order valence-corrected chi connectivity index (χ0v) is 18.4. The summed E-state index contributed by atoms with van der Waals surface area (Å²) in [7, 11) is 0. The van der Waals surface area contributed by atoms with Crippen molar-refractivity contribution in [2.75, 3.05) is 11.1 Å². The maximum atomic E-state index is 13.7. The first-order valence-corrected chi connectivity index (χ1v) is 10.8. The number of carbonyl (C=O) groups is 1. The van der Waals surface area contributed by atoms with Crippen molar-refractivity contribution in [1.29, 1.82) is 0 Å². The fourth-order valence-corrected chi connectivity index (χ4v) is 4.29. The SMILES string of the molecule is CC1(c2ccccc2)C(=O)Nc2nc(-c3cn4ccnc4c(Oc4cccc(F)c4)n3)nc(N)c21. The van der Waals surface area contributed by atoms with E-state index >= 15 is 0 Å². The number of imidazole rings is 1. The van der Waals surface area contributed by atoms with Crippen LogP contribution in [0.1, 0.15) is 18.1 Å². The topological polar surface area (TPSA) is 120 Å². The molecule has 1 unspecified atom stereocenters. The normalized spacial score (nSPS) is 16.8. The summed E-state index contributed by atoms with van der Waals surface area (Å²) < 4.78 is 21.2. The minimum atomic E-state index is -1.04. The van der Waals surface area contributed by atoms with Crippen LogP contribution in [-0.4, -0.2) is 30.2 Å². The monoisotopic (exact) mass is 467 g/mol. The van der Waals surface area contributed by atoms with E-state index in [-0.39, 0.29) is 29.2 Å². The van der Waals surface area contributed by atoms with Gasteiger partial charge < -0.3 is 20.2 Å². The van der Waals surface area contributed by atoms with Gasteiger partial charge in [0, 0.05) is 24.7 Å². The molecule has 9 nitrogen and oxygen atoms in total. The molecular formula is C25H18FN7O2. The van der Waals surface area contributed by atoms with Gasteiger partial charge in [0.1, 0.15) is 34.3 Å². The highest BCUT2D eigenvalue weighted by Crippen LogP contribution is 2.44. The van der Waals surface area contributed by atoms with Crippen molar-refractivity contribution in [2.45, 2.75) is 12.3 Å². The number of amides is 1. The van der Waals surface area contributed by atoms with Crippen LogP contribution in [0.3, 0.4) is 0 Å². The Kier molecular flexibility index (Phi) is 4.49. The molecule has 1 atom stereocenters. The molecular weight excluding hydrogens is 449 g/mol. The Labute approximate surface area is 198 Å². The summed E-state index contributed by atoms with van der Waals surface area (Å²) in [6, 6.07) is 15.1. The highest BCUT2D eigenvalue weighted by atomic mass is 19.1. The first kappa shape index (κ1) is 20.7. The van der Waals surface area contributed by atoms with Crippen molar-refractivity contribution in [2.24, 2.45) is 0 Å². The molecule has 35 heavy (non-hydrogen) atoms. The van der Waals surface area contributed by atoms with Crippen LogP contribution in [-0.2, 0) is 10.2 Å². The Morgan fingerprint density at radius 3 is 2.71 bits per heavy atom. The molecule has 172 valence electrons. The second kappa shape index (κ2) is 7.59. The Morgan fingerprint density at radius 2 is 1.91 bits per heavy atom. The van der Waals surface area contributed by atoms with Crippen LogP contribution in [0.15, 0.2) is 73.2 Å². The van der Waals surface area contributed by atoms with E-state index in [0.717, 1.165) is 5.56 Å². The van der Waals surface area contributed by atoms with Crippen molar-refractivity contribution in [3.63, 3.8) is 0 Å². The fraction of sp³-hybridized carbons (Fsp3) is 0.0800. The second-order valence-electron chi connectivity index (χ2n) is 8.25. The van der Waals surface area contributed by atoms with E-state index < -0.39 is 11.2 Å². The highest BCUT2D eigenvalue weighted by Gasteiger charge is 2.47. The smallest absolute Gasteiger partial charge is 0.264 e. The third-order valence-electron chi connectivity index (χ3n) is 6.06. The predicted molar refractivity (Wildman–Crippen MR) is 126 cm³/mol. The zero-order valence-electron chi connectivity index (χ0n) is 18.4. The highest BCUT2D eigenvalue weighted by molar-refractivity contribution is 6.09. The van der Waals surface area contributed by atoms with E-state index in [1.165, 1.54) is 18.2 Å². The molecule has 1 amide bonds. The average Bonchev–Trinajstić information content (AvgIpc) is 3.43. The Bertz CT molecular complexity index is 1620. The number of carbonyl (C=O) groups excluding carboxylic acids is 1. The molecule has 6 rings (SSSR count). The van der Waals surface area contributed by atoms with Gasteiger partial charge in [0.15, 0.2) is 5.82 Å². The van der Waals surface area contributed by atoms with Gasteiger partial charge in [-0.15, -0.1) is 0 Å². The van der Waals surface area contributed by atoms with E-state index in [9.17, 15) is 9.18 Å². The molecule has 10 heteroatoms. The summed E-state index contributed by atoms with van der Waals surface area (Å²) >= 11 is 0. The molecule has 1 aliphatic heterocycles. The maximum absolute atomic E-state index is 13.7. The van der Waals surface area contributed by atoms with Crippen LogP contribution in [0.25, 0.3) is 17.2 Å². The van der Waals surface area contributed by atoms with Gasteiger partial charge in [0.25, 0.3) is 5.88 Å². The van der Waals surface area contributed by atoms with E-state index in [4.69, 9.17) is 10.5 Å². The van der Waals surface area contributed by atoms with Gasteiger partial charge in [-0.05, 0) is 24.6 Å². The molecule has 0 spiro atoms. The number of rotatable bonds is 4. The molecule has 0 saturated heterocycles. The maximum Gasteiger partial charge on any atom is 0.264 e. The third-order valence-corrected chi connectivity index (χ3v) is 6.06. The number of halogens is 1. The second-order valence-corrected chi connectivity index (χ2v) is 8.25. The lowest BCUT2D eigenvalue weighted by Gasteiger charge is -2.23. The number of fused-ring (bicyclic) bond motifs is 2. The summed E-state index contributed by atoms with van der Waals surface area (Å²) in [4.78, 5) is 30.9. The van der Waals surface area contributed by atoms with Crippen LogP contribution in [0.5, 0.6) is 11.6 Å². The summed E-state index contributed by atoms with van der Waals surface area (Å²) in [6.07, 6.45) is 4.97. The summed E-state index contributed by atoms with van der Waals surface area (Å²) in [6.45, 7) is 1.80. The Balaban J connectivity index is 1.47. The molecule has 0 radical (unpaired) electrons. The van der Waals surface area contributed by atoms with Gasteiger partial charge in [-0.3, -0.25) is 4.79 Å². The molecule has 3 N–H and O–H groups in total. The molecule has 4 heterocycles. The molecule has 0 saturated carbocycles. The first-order valence-electron chi connectivity index (χ1n) is 10.8. The lowest BCUT2D eigenvalue weighted by molar-refractivity contribution is -0.119. The van der Waals surface area contributed by atoms with Gasteiger partial charge in [-0.1, -0.05) is 36.4 Å². The number of anilines is 2. The summed E-state index contributed by atoms with van der Waals surface area (Å²) in [5, 5.41) is 2.84. The number of nitrogen functional groups attached to an aromatic ring is 1. The molecule has 2 aromatic carbocycles. The van der Waals surface area contributed by atoms with Gasteiger partial charge in [-0.25, -0.2) is 24.3 Å². The lowest BCUT2D eigenvalue weighted by atomic mass is 9.78. The predicted octanol–water partition coefficient (Wildman–Crippen LogP) is 3.96. The standard InChI is InChI=1S/C25H18FN7O2/c1-25(14-6-3-2-4-7-14)18-19(27)30-20(31-21(18)32-24(25)34)17-13-33-11-10-28-22(33)23(29-17)35-16-9-5-8-15(26)12-16/h2-13H,1H3,(H3,27,30,31,32,34). The summed E-state index contributed by atoms with van der Waals surface area (Å²) in [5.74, 6) is 0.395. The van der Waals surface area contributed by atoms with Crippen LogP contribution in [0, 0.1) is 5.82 Å². The number of hydrogen-bond acceptors (Lipinski definition) is 7. The lowest BCUT2D eigenvalue weighted by Crippen LogP contribution is -2.32. The van der Waals surface area contributed by atoms with E-state index in [1.807, 2.05) is 30.3 Å². The van der Waals surface area contributed by atoms with Crippen LogP contribution in [0.2, 0.25) is 0 Å². The summed E-state index contributed by atoms with van der Waals surface area (Å²) in [5.41, 5.74) is 7.41. The van der Waals surface area contributed by atoms with Crippen LogP contribution in [0.4, 0.5) is 16.0 Å². The van der Waals surface area contributed by atoms with E-state index in [2.05, 4.69) is 25.3 Å². The van der Waals surface area contributed by atoms with Crippen molar-refractivity contribution in [3.8, 4) is 23.1 Å². The molecule has 0 fully saturated rings. The van der Waals surface area contributed by atoms with Crippen molar-refractivity contribution in [1.82, 2.24) is 24.3 Å². The minimum Gasteiger partial charge on any atom is -0.436 e. The van der Waals surface area contributed by atoms with Crippen LogP contribution < -0.4 is 15.8 Å². The number of hydrogen-bond donors (Lipinski definition) is 2. The third kappa shape index (κ3) is 3.26. The number of nitrogens with zero attached hydrogens (tertiary/aromatic N) is 5.